The summed E-state index contributed by atoms with van der Waals surface area (Å²) < 4.78 is 21.4. The van der Waals surface area contributed by atoms with E-state index < -0.39 is 10.0 Å². The first-order valence-corrected chi connectivity index (χ1v) is 22.7. The van der Waals surface area contributed by atoms with Gasteiger partial charge in [0.15, 0.2) is 0 Å². The molecule has 4 aromatic carbocycles. The predicted octanol–water partition coefficient (Wildman–Crippen LogP) is 10.1. The van der Waals surface area contributed by atoms with Crippen molar-refractivity contribution >= 4 is 42.2 Å². The molecule has 0 saturated carbocycles. The Kier molecular flexibility index (Phi) is 13.3. The average Bonchev–Trinajstić information content (AvgIpc) is 3.13. The quantitative estimate of drug-likeness (QED) is 0.0491. The predicted molar refractivity (Wildman–Crippen MR) is 216 cm³/mol. The minimum Gasteiger partial charge on any atom is -0.0530 e. The monoisotopic (exact) mass is 790 g/mol. The zero-order valence-electron chi connectivity index (χ0n) is 29.4. The molecule has 49 heavy (non-hydrogen) atoms. The van der Waals surface area contributed by atoms with E-state index in [9.17, 15) is 0 Å². The van der Waals surface area contributed by atoms with E-state index in [2.05, 4.69) is 156 Å². The second-order valence-corrected chi connectivity index (χ2v) is 24.2. The van der Waals surface area contributed by atoms with E-state index in [1.54, 1.807) is 7.11 Å². The third-order valence-corrected chi connectivity index (χ3v) is 21.1. The summed E-state index contributed by atoms with van der Waals surface area (Å²) in [5, 5.41) is 4.20. The Morgan fingerprint density at radius 2 is 1.39 bits per heavy atom. The van der Waals surface area contributed by atoms with Gasteiger partial charge in [-0.05, 0) is 24.6 Å². The van der Waals surface area contributed by atoms with Crippen LogP contribution in [0.4, 0.5) is 0 Å². The molecule has 0 radical (unpaired) electrons. The Balaban J connectivity index is 1.19. The van der Waals surface area contributed by atoms with Gasteiger partial charge in [-0.3, -0.25) is 0 Å². The van der Waals surface area contributed by atoms with Crippen molar-refractivity contribution in [1.82, 2.24) is 0 Å². The van der Waals surface area contributed by atoms with Gasteiger partial charge in [0.05, 0.1) is 19.8 Å². The number of hydrogen-bond donors (Lipinski definition) is 0. The summed E-state index contributed by atoms with van der Waals surface area (Å²) in [7, 11) is 1.69. The van der Waals surface area contributed by atoms with Crippen LogP contribution in [0.25, 0.3) is 0 Å². The van der Waals surface area contributed by atoms with Gasteiger partial charge in [0.1, 0.15) is 5.75 Å². The first kappa shape index (κ1) is 37.5. The van der Waals surface area contributed by atoms with Crippen molar-refractivity contribution in [2.75, 3.05) is 13.3 Å². The number of methoxy groups -OCH3 is 1. The Morgan fingerprint density at radius 1 is 0.816 bits per heavy atom. The molecule has 5 rings (SSSR count). The normalized spacial score (nSPS) is 19.4. The Bertz CT molecular complexity index is 1520. The van der Waals surface area contributed by atoms with E-state index in [1.807, 2.05) is 26.0 Å². The van der Waals surface area contributed by atoms with Gasteiger partial charge in [-0.1, -0.05) is 12.1 Å². The fraction of sp³-hybridized carbons (Fsp3) is 0.349. The summed E-state index contributed by atoms with van der Waals surface area (Å²) >= 11 is 2.88. The van der Waals surface area contributed by atoms with Gasteiger partial charge in [0.2, 0.25) is 0 Å². The number of rotatable bonds is 16. The van der Waals surface area contributed by atoms with Crippen LogP contribution in [0.2, 0.25) is 0 Å². The van der Waals surface area contributed by atoms with Crippen LogP contribution < -0.4 is 20.7 Å². The Hall–Kier alpha value is -2.80. The molecule has 4 aromatic rings. The van der Waals surface area contributed by atoms with Gasteiger partial charge < -0.3 is 9.47 Å². The van der Waals surface area contributed by atoms with Crippen molar-refractivity contribution in [1.29, 1.82) is 0 Å². The van der Waals surface area contributed by atoms with E-state index in [0.29, 0.717) is 6.61 Å². The molecule has 0 spiro atoms. The van der Waals surface area contributed by atoms with Crippen LogP contribution in [0.1, 0.15) is 58.4 Å². The first-order chi connectivity index (χ1) is 23.7. The fourth-order valence-corrected chi connectivity index (χ4v) is 15.4. The maximum Gasteiger partial charge on any atom is -0.0196 e. The van der Waals surface area contributed by atoms with Crippen molar-refractivity contribution in [3.63, 3.8) is 0 Å². The van der Waals surface area contributed by atoms with Crippen LogP contribution in [0.5, 0.6) is 5.75 Å². The Labute approximate surface area is 307 Å². The molecule has 4 nitrogen and oxygen atoms in total. The minimum absolute atomic E-state index is 0.00446. The van der Waals surface area contributed by atoms with E-state index in [-0.39, 0.29) is 18.3 Å². The van der Waals surface area contributed by atoms with Crippen LogP contribution in [-0.4, -0.2) is 37.4 Å². The summed E-state index contributed by atoms with van der Waals surface area (Å²) in [6.07, 6.45) is 14.9. The molecule has 6 heteroatoms. The largest absolute Gasteiger partial charge is 0.0530 e. The number of unbranched alkanes of at least 4 members (excludes halogenated alkanes) is 1. The molecule has 1 aliphatic rings. The van der Waals surface area contributed by atoms with Crippen LogP contribution in [-0.2, 0) is 20.8 Å². The second kappa shape index (κ2) is 17.4. The fourth-order valence-electron chi connectivity index (χ4n) is 6.81. The molecule has 0 bridgehead atoms. The summed E-state index contributed by atoms with van der Waals surface area (Å²) in [6, 6.07) is 41.5. The summed E-state index contributed by atoms with van der Waals surface area (Å²) in [4.78, 5) is 0. The van der Waals surface area contributed by atoms with Crippen LogP contribution in [0.3, 0.4) is 0 Å². The standard InChI is InChI=1S/C43H52IO4P/c1-35(46-34-36-27-29-37(45-4)30-28-36)19-11-6-5-7-12-20-38-33-39(48-43(2,3)47-38)31-32-49(44,40-21-13-8-14-22-40,41-23-15-9-16-24-41)42-25-17-10-18-26-42/h5,7-10,12-18,20-30,35,38-39H,6,11,19,31-34H2,1-4H3/b7-5+,20-12+/t35-,38+,39+/m1/s1. The van der Waals surface area contributed by atoms with Crippen LogP contribution in [0, 0.1) is 0 Å². The first-order valence-electron chi connectivity index (χ1n) is 17.5. The molecule has 1 heterocycles. The molecule has 1 fully saturated rings. The number of hydrogen-bond acceptors (Lipinski definition) is 4. The van der Waals surface area contributed by atoms with E-state index in [1.165, 1.54) is 15.9 Å². The van der Waals surface area contributed by atoms with Gasteiger partial charge in [-0.15, -0.1) is 0 Å². The molecule has 0 aromatic heterocycles. The molecule has 0 N–H and O–H groups in total. The van der Waals surface area contributed by atoms with Crippen molar-refractivity contribution in [3.8, 4) is 5.75 Å². The third kappa shape index (κ3) is 9.71. The number of benzene rings is 4. The summed E-state index contributed by atoms with van der Waals surface area (Å²) in [5.74, 6) is 0.213. The van der Waals surface area contributed by atoms with Crippen molar-refractivity contribution in [2.24, 2.45) is 0 Å². The van der Waals surface area contributed by atoms with Crippen molar-refractivity contribution in [2.45, 2.75) is 83.6 Å². The molecule has 3 atom stereocenters. The number of ether oxygens (including phenoxy) is 4. The zero-order chi connectivity index (χ0) is 34.6. The average molecular weight is 791 g/mol. The molecule has 0 unspecified atom stereocenters. The van der Waals surface area contributed by atoms with Crippen LogP contribution in [0.15, 0.2) is 140 Å². The van der Waals surface area contributed by atoms with Gasteiger partial charge in [0, 0.05) is 0 Å². The van der Waals surface area contributed by atoms with Gasteiger partial charge in [0.25, 0.3) is 0 Å². The molecule has 1 aliphatic heterocycles. The zero-order valence-corrected chi connectivity index (χ0v) is 32.5. The van der Waals surface area contributed by atoms with E-state index in [0.717, 1.165) is 49.6 Å². The maximum atomic E-state index is 6.62. The molecule has 1 saturated heterocycles. The molecular weight excluding hydrogens is 738 g/mol. The molecule has 0 amide bonds. The maximum absolute atomic E-state index is 6.62. The van der Waals surface area contributed by atoms with Gasteiger partial charge in [-0.25, -0.2) is 0 Å². The van der Waals surface area contributed by atoms with E-state index >= 15 is 0 Å². The number of halogens is 1. The van der Waals surface area contributed by atoms with Gasteiger partial charge >= 0.3 is 237 Å². The van der Waals surface area contributed by atoms with E-state index in [4.69, 9.17) is 18.9 Å². The second-order valence-electron chi connectivity index (χ2n) is 13.4. The Morgan fingerprint density at radius 3 is 1.94 bits per heavy atom. The third-order valence-electron chi connectivity index (χ3n) is 9.38. The topological polar surface area (TPSA) is 36.9 Å². The summed E-state index contributed by atoms with van der Waals surface area (Å²) in [5.41, 5.74) is 1.16. The van der Waals surface area contributed by atoms with Crippen LogP contribution >= 0.6 is 26.3 Å². The molecule has 260 valence electrons. The number of allylic oxidation sites excluding steroid dienone is 3. The van der Waals surface area contributed by atoms with Crippen molar-refractivity contribution < 1.29 is 18.9 Å². The molecule has 0 aliphatic carbocycles. The molecular formula is C43H52IO4P. The SMILES string of the molecule is COc1ccc(CO[C@H](C)CCC/C=C/C=C/[C@H]2C[C@H](CCP(I)(c3ccccc3)(c3ccccc3)c3ccccc3)OC(C)(C)O2)cc1. The summed E-state index contributed by atoms with van der Waals surface area (Å²) in [6.45, 7) is 6.87. The smallest absolute Gasteiger partial charge is 0.0196 e. The van der Waals surface area contributed by atoms with Crippen molar-refractivity contribution in [3.05, 3.63) is 145 Å². The minimum atomic E-state index is -2.87. The van der Waals surface area contributed by atoms with Gasteiger partial charge in [-0.2, -0.15) is 0 Å².